The molecule has 1 aromatic heterocycles. The molecule has 1 aromatic carbocycles. The van der Waals surface area contributed by atoms with Crippen molar-refractivity contribution in [2.75, 3.05) is 5.32 Å². The van der Waals surface area contributed by atoms with Gasteiger partial charge >= 0.3 is 20.4 Å². The van der Waals surface area contributed by atoms with Crippen LogP contribution in [0.15, 0.2) is 52.9 Å². The molecule has 0 amide bonds. The van der Waals surface area contributed by atoms with Crippen LogP contribution in [-0.4, -0.2) is 11.3 Å². The molecule has 2 aromatic rings. The van der Waals surface area contributed by atoms with E-state index in [9.17, 15) is 0 Å². The second-order valence-electron chi connectivity index (χ2n) is 3.21. The summed E-state index contributed by atoms with van der Waals surface area (Å²) in [4.78, 5) is 1.08. The predicted molar refractivity (Wildman–Crippen MR) is 77.7 cm³/mol. The van der Waals surface area contributed by atoms with E-state index in [1.807, 2.05) is 47.8 Å². The summed E-state index contributed by atoms with van der Waals surface area (Å²) in [7, 11) is 0. The SMILES string of the molecule is S=C(N/N=C/c1cccs1)Nc1ccccc1.[Cl-].[Cl-].[Pd+2]. The molecule has 0 saturated carbocycles. The van der Waals surface area contributed by atoms with Gasteiger partial charge in [0, 0.05) is 10.6 Å². The van der Waals surface area contributed by atoms with Gasteiger partial charge < -0.3 is 30.1 Å². The number of anilines is 1. The van der Waals surface area contributed by atoms with Gasteiger partial charge in [-0.05, 0) is 35.8 Å². The van der Waals surface area contributed by atoms with Crippen LogP contribution in [0.5, 0.6) is 0 Å². The van der Waals surface area contributed by atoms with Crippen LogP contribution in [-0.2, 0) is 20.4 Å². The van der Waals surface area contributed by atoms with Crippen LogP contribution in [0.3, 0.4) is 0 Å². The van der Waals surface area contributed by atoms with Crippen LogP contribution in [0.4, 0.5) is 5.69 Å². The van der Waals surface area contributed by atoms with Gasteiger partial charge in [0.15, 0.2) is 5.11 Å². The summed E-state index contributed by atoms with van der Waals surface area (Å²) in [6.45, 7) is 0. The molecule has 0 fully saturated rings. The van der Waals surface area contributed by atoms with E-state index in [0.29, 0.717) is 5.11 Å². The summed E-state index contributed by atoms with van der Waals surface area (Å²) in [6, 6.07) is 13.7. The molecule has 110 valence electrons. The molecular weight excluding hydrogens is 428 g/mol. The Bertz CT molecular complexity index is 507. The third-order valence-electron chi connectivity index (χ3n) is 1.93. The quantitative estimate of drug-likeness (QED) is 0.233. The first-order valence-electron chi connectivity index (χ1n) is 5.03. The number of hydrogen-bond acceptors (Lipinski definition) is 3. The average molecular weight is 439 g/mol. The molecule has 2 N–H and O–H groups in total. The van der Waals surface area contributed by atoms with Gasteiger partial charge in [0.1, 0.15) is 0 Å². The van der Waals surface area contributed by atoms with Gasteiger partial charge in [-0.1, -0.05) is 24.3 Å². The summed E-state index contributed by atoms with van der Waals surface area (Å²) in [5, 5.41) is 9.55. The Hall–Kier alpha value is -0.478. The van der Waals surface area contributed by atoms with Crippen molar-refractivity contribution >= 4 is 40.6 Å². The van der Waals surface area contributed by atoms with Crippen molar-refractivity contribution in [3.05, 3.63) is 52.7 Å². The van der Waals surface area contributed by atoms with Crippen molar-refractivity contribution in [3.8, 4) is 0 Å². The number of halogens is 2. The van der Waals surface area contributed by atoms with Crippen molar-refractivity contribution in [1.82, 2.24) is 5.43 Å². The maximum absolute atomic E-state index is 5.10. The first kappa shape index (κ1) is 21.8. The van der Waals surface area contributed by atoms with Crippen LogP contribution in [0, 0.1) is 0 Å². The Balaban J connectivity index is 0. The topological polar surface area (TPSA) is 36.4 Å². The van der Waals surface area contributed by atoms with Crippen LogP contribution in [0.25, 0.3) is 0 Å². The molecule has 0 aliphatic heterocycles. The molecule has 3 nitrogen and oxygen atoms in total. The van der Waals surface area contributed by atoms with E-state index < -0.39 is 0 Å². The number of thiocarbonyl (C=S) groups is 1. The Morgan fingerprint density at radius 2 is 1.80 bits per heavy atom. The fourth-order valence-corrected chi connectivity index (χ4v) is 1.96. The minimum atomic E-state index is 0. The zero-order valence-corrected chi connectivity index (χ0v) is 14.7. The summed E-state index contributed by atoms with van der Waals surface area (Å²) in [5.41, 5.74) is 3.71. The standard InChI is InChI=1S/C12H11N3S2.2ClH.Pd/c16-12(14-10-5-2-1-3-6-10)15-13-9-11-7-4-8-17-11;;;/h1-9H,(H2,14,15,16);2*1H;/q;;;+2/p-2/b13-9+;;;. The number of thiophene rings is 1. The minimum Gasteiger partial charge on any atom is -1.00 e. The molecule has 0 unspecified atom stereocenters. The van der Waals surface area contributed by atoms with E-state index in [1.165, 1.54) is 0 Å². The van der Waals surface area contributed by atoms with Gasteiger partial charge in [0.2, 0.25) is 0 Å². The van der Waals surface area contributed by atoms with E-state index in [-0.39, 0.29) is 45.2 Å². The fourth-order valence-electron chi connectivity index (χ4n) is 1.20. The zero-order chi connectivity index (χ0) is 11.9. The summed E-state index contributed by atoms with van der Waals surface area (Å²) < 4.78 is 0. The summed E-state index contributed by atoms with van der Waals surface area (Å²) >= 11 is 6.72. The zero-order valence-electron chi connectivity index (χ0n) is 10.0. The third kappa shape index (κ3) is 7.95. The number of nitrogens with zero attached hydrogens (tertiary/aromatic N) is 1. The Morgan fingerprint density at radius 1 is 1.10 bits per heavy atom. The van der Waals surface area contributed by atoms with E-state index in [4.69, 9.17) is 12.2 Å². The molecule has 0 aliphatic rings. The second-order valence-corrected chi connectivity index (χ2v) is 4.59. The Kier molecular flexibility index (Phi) is 13.4. The van der Waals surface area contributed by atoms with E-state index in [1.54, 1.807) is 17.6 Å². The molecule has 0 spiro atoms. The molecule has 0 saturated heterocycles. The largest absolute Gasteiger partial charge is 2.00 e. The summed E-state index contributed by atoms with van der Waals surface area (Å²) in [6.07, 6.45) is 1.74. The molecule has 1 heterocycles. The Labute approximate surface area is 153 Å². The maximum Gasteiger partial charge on any atom is 2.00 e. The molecule has 2 rings (SSSR count). The smallest absolute Gasteiger partial charge is 1.00 e. The van der Waals surface area contributed by atoms with Gasteiger partial charge in [-0.3, -0.25) is 5.43 Å². The average Bonchev–Trinajstić information content (AvgIpc) is 2.83. The van der Waals surface area contributed by atoms with Gasteiger partial charge in [-0.15, -0.1) is 11.3 Å². The maximum atomic E-state index is 5.10. The predicted octanol–water partition coefficient (Wildman–Crippen LogP) is -2.93. The van der Waals surface area contributed by atoms with E-state index in [0.717, 1.165) is 10.6 Å². The molecular formula is C12H11Cl2N3PdS2. The van der Waals surface area contributed by atoms with Gasteiger partial charge in [-0.25, -0.2) is 0 Å². The number of hydrogen-bond donors (Lipinski definition) is 2. The number of para-hydroxylation sites is 1. The molecule has 8 heteroatoms. The minimum absolute atomic E-state index is 0. The first-order chi connectivity index (χ1) is 8.34. The number of rotatable bonds is 3. The Morgan fingerprint density at radius 3 is 2.40 bits per heavy atom. The van der Waals surface area contributed by atoms with Crippen molar-refractivity contribution in [2.45, 2.75) is 0 Å². The molecule has 0 aliphatic carbocycles. The van der Waals surface area contributed by atoms with Gasteiger partial charge in [0.05, 0.1) is 6.21 Å². The molecule has 20 heavy (non-hydrogen) atoms. The normalized spacial score (nSPS) is 8.80. The monoisotopic (exact) mass is 437 g/mol. The van der Waals surface area contributed by atoms with E-state index >= 15 is 0 Å². The molecule has 0 atom stereocenters. The van der Waals surface area contributed by atoms with Crippen LogP contribution >= 0.6 is 23.6 Å². The van der Waals surface area contributed by atoms with Crippen molar-refractivity contribution < 1.29 is 45.2 Å². The van der Waals surface area contributed by atoms with Crippen LogP contribution in [0.2, 0.25) is 0 Å². The molecule has 0 radical (unpaired) electrons. The third-order valence-corrected chi connectivity index (χ3v) is 2.93. The number of hydrazone groups is 1. The number of benzene rings is 1. The van der Waals surface area contributed by atoms with E-state index in [2.05, 4.69) is 15.8 Å². The summed E-state index contributed by atoms with van der Waals surface area (Å²) in [5.74, 6) is 0. The number of nitrogens with one attached hydrogen (secondary N) is 2. The second kappa shape index (κ2) is 12.3. The van der Waals surface area contributed by atoms with Gasteiger partial charge in [0.25, 0.3) is 0 Å². The van der Waals surface area contributed by atoms with Crippen molar-refractivity contribution in [1.29, 1.82) is 0 Å². The van der Waals surface area contributed by atoms with Crippen LogP contribution < -0.4 is 35.6 Å². The van der Waals surface area contributed by atoms with Gasteiger partial charge in [-0.2, -0.15) is 5.10 Å². The van der Waals surface area contributed by atoms with Crippen molar-refractivity contribution in [3.63, 3.8) is 0 Å². The fraction of sp³-hybridized carbons (Fsp3) is 0. The molecule has 0 bridgehead atoms. The first-order valence-corrected chi connectivity index (χ1v) is 6.32. The van der Waals surface area contributed by atoms with Crippen LogP contribution in [0.1, 0.15) is 4.88 Å². The van der Waals surface area contributed by atoms with Crippen molar-refractivity contribution in [2.24, 2.45) is 5.10 Å².